The van der Waals surface area contributed by atoms with Gasteiger partial charge >= 0.3 is 0 Å². The van der Waals surface area contributed by atoms with E-state index < -0.39 is 0 Å². The highest BCUT2D eigenvalue weighted by Crippen LogP contribution is 2.40. The van der Waals surface area contributed by atoms with E-state index in [9.17, 15) is 5.11 Å². The summed E-state index contributed by atoms with van der Waals surface area (Å²) < 4.78 is 2.58. The van der Waals surface area contributed by atoms with Crippen molar-refractivity contribution in [2.75, 3.05) is 0 Å². The minimum atomic E-state index is 0.00130. The van der Waals surface area contributed by atoms with Gasteiger partial charge in [0.1, 0.15) is 5.52 Å². The number of aromatic amines is 1. The van der Waals surface area contributed by atoms with Crippen LogP contribution in [0, 0.1) is 0 Å². The molecular formula is C20H14BrN7O. The van der Waals surface area contributed by atoms with Crippen LogP contribution >= 0.6 is 15.9 Å². The average molecular weight is 448 g/mol. The van der Waals surface area contributed by atoms with Crippen molar-refractivity contribution in [3.63, 3.8) is 0 Å². The average Bonchev–Trinajstić information content (AvgIpc) is 3.21. The van der Waals surface area contributed by atoms with Gasteiger partial charge in [-0.2, -0.15) is 4.98 Å². The predicted molar refractivity (Wildman–Crippen MR) is 115 cm³/mol. The molecule has 9 heteroatoms. The van der Waals surface area contributed by atoms with E-state index in [4.69, 9.17) is 0 Å². The quantitative estimate of drug-likeness (QED) is 0.279. The molecule has 0 aliphatic carbocycles. The highest BCUT2D eigenvalue weighted by Gasteiger charge is 2.17. The molecule has 5 rings (SSSR count). The Kier molecular flexibility index (Phi) is 4.09. The Labute approximate surface area is 172 Å². The highest BCUT2D eigenvalue weighted by molar-refractivity contribution is 9.10. The third-order valence-electron chi connectivity index (χ3n) is 4.63. The molecule has 0 fully saturated rings. The van der Waals surface area contributed by atoms with Crippen molar-refractivity contribution in [2.45, 2.75) is 6.54 Å². The summed E-state index contributed by atoms with van der Waals surface area (Å²) in [7, 11) is 0. The fourth-order valence-electron chi connectivity index (χ4n) is 3.36. The van der Waals surface area contributed by atoms with Crippen molar-refractivity contribution in [2.24, 2.45) is 10.2 Å². The summed E-state index contributed by atoms with van der Waals surface area (Å²) >= 11 is 3.46. The summed E-state index contributed by atoms with van der Waals surface area (Å²) in [5.41, 5.74) is 3.34. The Bertz CT molecular complexity index is 1430. The van der Waals surface area contributed by atoms with Gasteiger partial charge in [0.15, 0.2) is 11.3 Å². The van der Waals surface area contributed by atoms with Gasteiger partial charge in [-0.1, -0.05) is 40.2 Å². The number of H-pyrrole nitrogens is 1. The second-order valence-corrected chi connectivity index (χ2v) is 7.33. The number of allylic oxidation sites excluding steroid dienone is 1. The summed E-state index contributed by atoms with van der Waals surface area (Å²) in [5, 5.41) is 29.0. The molecule has 3 heterocycles. The van der Waals surface area contributed by atoms with E-state index >= 15 is 0 Å². The Morgan fingerprint density at radius 1 is 1.14 bits per heavy atom. The van der Waals surface area contributed by atoms with Crippen molar-refractivity contribution in [1.82, 2.24) is 24.7 Å². The Balaban J connectivity index is 1.61. The topological polar surface area (TPSA) is 104 Å². The number of fused-ring (bicyclic) bond motifs is 4. The summed E-state index contributed by atoms with van der Waals surface area (Å²) in [6, 6.07) is 13.5. The zero-order valence-corrected chi connectivity index (χ0v) is 16.6. The Morgan fingerprint density at radius 3 is 2.86 bits per heavy atom. The molecule has 142 valence electrons. The van der Waals surface area contributed by atoms with Crippen molar-refractivity contribution in [1.29, 1.82) is 0 Å². The number of aromatic hydroxyl groups is 1. The van der Waals surface area contributed by atoms with Gasteiger partial charge < -0.3 is 14.7 Å². The molecule has 0 bridgehead atoms. The minimum absolute atomic E-state index is 0.00130. The number of halogens is 1. The Morgan fingerprint density at radius 2 is 2.00 bits per heavy atom. The molecule has 3 aromatic heterocycles. The molecule has 2 aromatic carbocycles. The van der Waals surface area contributed by atoms with Crippen LogP contribution in [0.3, 0.4) is 0 Å². The standard InChI is InChI=1S/C20H14BrN7O/c1-2-9-28-15-8-7-11(21)10-13(15)17(19(28)29)25-27-20-23-18-16(24-26-20)12-5-3-4-6-14(12)22-18/h2-8,10,29H,1,9H2,(H,22,23,26). The summed E-state index contributed by atoms with van der Waals surface area (Å²) in [5.74, 6) is 0.101. The minimum Gasteiger partial charge on any atom is -0.493 e. The van der Waals surface area contributed by atoms with Crippen LogP contribution in [-0.4, -0.2) is 29.8 Å². The van der Waals surface area contributed by atoms with Crippen molar-refractivity contribution >= 4 is 60.5 Å². The van der Waals surface area contributed by atoms with Crippen molar-refractivity contribution < 1.29 is 5.11 Å². The molecule has 8 nitrogen and oxygen atoms in total. The monoisotopic (exact) mass is 447 g/mol. The smallest absolute Gasteiger partial charge is 0.289 e. The molecule has 0 saturated heterocycles. The molecule has 0 radical (unpaired) electrons. The molecule has 29 heavy (non-hydrogen) atoms. The van der Waals surface area contributed by atoms with E-state index in [-0.39, 0.29) is 11.8 Å². The largest absolute Gasteiger partial charge is 0.493 e. The first kappa shape index (κ1) is 17.5. The van der Waals surface area contributed by atoms with E-state index in [2.05, 4.69) is 52.9 Å². The number of hydrogen-bond donors (Lipinski definition) is 2. The number of hydrogen-bond acceptors (Lipinski definition) is 6. The first-order valence-corrected chi connectivity index (χ1v) is 9.59. The number of para-hydroxylation sites is 1. The molecule has 0 amide bonds. The van der Waals surface area contributed by atoms with Crippen LogP contribution in [0.2, 0.25) is 0 Å². The SMILES string of the molecule is C=CCn1c(O)c(N=Nc2nnc3c(n2)[nH]c2ccccc23)c2cc(Br)ccc21. The van der Waals surface area contributed by atoms with E-state index in [1.165, 1.54) is 0 Å². The number of aromatic nitrogens is 5. The second-order valence-electron chi connectivity index (χ2n) is 6.41. The molecule has 0 spiro atoms. The van der Waals surface area contributed by atoms with Crippen LogP contribution in [0.5, 0.6) is 5.88 Å². The summed E-state index contributed by atoms with van der Waals surface area (Å²) in [6.45, 7) is 4.19. The Hall–Kier alpha value is -3.59. The molecule has 0 saturated carbocycles. The zero-order valence-electron chi connectivity index (χ0n) is 15.0. The van der Waals surface area contributed by atoms with Gasteiger partial charge in [-0.25, -0.2) is 0 Å². The fourth-order valence-corrected chi connectivity index (χ4v) is 3.72. The fraction of sp³-hybridized carbons (Fsp3) is 0.0500. The molecule has 0 unspecified atom stereocenters. The molecule has 2 N–H and O–H groups in total. The van der Waals surface area contributed by atoms with Crippen LogP contribution in [0.4, 0.5) is 11.6 Å². The van der Waals surface area contributed by atoms with Crippen LogP contribution in [0.25, 0.3) is 33.0 Å². The lowest BCUT2D eigenvalue weighted by Crippen LogP contribution is -1.92. The number of nitrogens with zero attached hydrogens (tertiary/aromatic N) is 6. The third-order valence-corrected chi connectivity index (χ3v) is 5.13. The number of azo groups is 1. The first-order chi connectivity index (χ1) is 14.2. The third kappa shape index (κ3) is 2.87. The van der Waals surface area contributed by atoms with Gasteiger partial charge in [-0.15, -0.1) is 27.0 Å². The molecule has 5 aromatic rings. The maximum Gasteiger partial charge on any atom is 0.289 e. The molecule has 0 aliphatic rings. The van der Waals surface area contributed by atoms with Crippen LogP contribution in [-0.2, 0) is 6.54 Å². The van der Waals surface area contributed by atoms with E-state index in [1.54, 1.807) is 10.6 Å². The maximum absolute atomic E-state index is 10.7. The number of nitrogens with one attached hydrogen (secondary N) is 1. The molecule has 0 aliphatic heterocycles. The lowest BCUT2D eigenvalue weighted by Gasteiger charge is -2.02. The van der Waals surface area contributed by atoms with Gasteiger partial charge in [0.25, 0.3) is 5.95 Å². The predicted octanol–water partition coefficient (Wildman–Crippen LogP) is 5.53. The van der Waals surface area contributed by atoms with E-state index in [0.717, 1.165) is 26.3 Å². The normalized spacial score (nSPS) is 11.9. The van der Waals surface area contributed by atoms with Gasteiger partial charge in [-0.05, 0) is 24.3 Å². The summed E-state index contributed by atoms with van der Waals surface area (Å²) in [4.78, 5) is 7.59. The number of benzene rings is 2. The first-order valence-electron chi connectivity index (χ1n) is 8.80. The highest BCUT2D eigenvalue weighted by atomic mass is 79.9. The maximum atomic E-state index is 10.7. The van der Waals surface area contributed by atoms with Crippen LogP contribution in [0.1, 0.15) is 0 Å². The molecule has 0 atom stereocenters. The van der Waals surface area contributed by atoms with Crippen molar-refractivity contribution in [3.05, 3.63) is 59.6 Å². The number of rotatable bonds is 4. The van der Waals surface area contributed by atoms with Gasteiger partial charge in [0.05, 0.1) is 5.52 Å². The van der Waals surface area contributed by atoms with Crippen LogP contribution < -0.4 is 0 Å². The summed E-state index contributed by atoms with van der Waals surface area (Å²) in [6.07, 6.45) is 1.71. The van der Waals surface area contributed by atoms with Gasteiger partial charge in [-0.3, -0.25) is 0 Å². The van der Waals surface area contributed by atoms with E-state index in [0.29, 0.717) is 23.4 Å². The molecular weight excluding hydrogens is 434 g/mol. The second kappa shape index (κ2) is 6.78. The van der Waals surface area contributed by atoms with Gasteiger partial charge in [0.2, 0.25) is 5.88 Å². The van der Waals surface area contributed by atoms with Crippen LogP contribution in [0.15, 0.2) is 69.8 Å². The lowest BCUT2D eigenvalue weighted by atomic mass is 10.2. The van der Waals surface area contributed by atoms with E-state index in [1.807, 2.05) is 42.5 Å². The van der Waals surface area contributed by atoms with Crippen molar-refractivity contribution in [3.8, 4) is 5.88 Å². The zero-order chi connectivity index (χ0) is 20.0. The van der Waals surface area contributed by atoms with Gasteiger partial charge in [0, 0.05) is 27.3 Å². The lowest BCUT2D eigenvalue weighted by molar-refractivity contribution is 0.431.